The molecule has 1 amide bonds. The van der Waals surface area contributed by atoms with Crippen LogP contribution in [0.25, 0.3) is 0 Å². The van der Waals surface area contributed by atoms with E-state index in [1.807, 2.05) is 6.92 Å². The molecule has 2 rings (SSSR count). The maximum Gasteiger partial charge on any atom is 0.311 e. The van der Waals surface area contributed by atoms with Gasteiger partial charge in [-0.3, -0.25) is 14.7 Å². The number of rotatable bonds is 3. The second kappa shape index (κ2) is 4.20. The van der Waals surface area contributed by atoms with Gasteiger partial charge in [0.15, 0.2) is 0 Å². The highest BCUT2D eigenvalue weighted by atomic mass is 16.4. The lowest BCUT2D eigenvalue weighted by Gasteiger charge is -2.22. The Bertz CT molecular complexity index is 429. The Morgan fingerprint density at radius 3 is 2.88 bits per heavy atom. The van der Waals surface area contributed by atoms with Crippen LogP contribution < -0.4 is 0 Å². The van der Waals surface area contributed by atoms with E-state index in [1.54, 1.807) is 4.90 Å². The van der Waals surface area contributed by atoms with Crippen LogP contribution in [0, 0.1) is 5.41 Å². The van der Waals surface area contributed by atoms with Crippen molar-refractivity contribution in [3.63, 3.8) is 0 Å². The number of carboxylic acid groups (broad SMARTS) is 1. The zero-order valence-corrected chi connectivity index (χ0v) is 9.64. The first-order chi connectivity index (χ1) is 8.09. The van der Waals surface area contributed by atoms with Gasteiger partial charge < -0.3 is 10.0 Å². The predicted molar refractivity (Wildman–Crippen MR) is 59.5 cm³/mol. The number of amides is 1. The Balaban J connectivity index is 2.12. The van der Waals surface area contributed by atoms with Gasteiger partial charge in [-0.1, -0.05) is 6.92 Å². The van der Waals surface area contributed by atoms with Gasteiger partial charge in [-0.2, -0.15) is 5.10 Å². The molecule has 0 bridgehead atoms. The van der Waals surface area contributed by atoms with Crippen molar-refractivity contribution in [2.45, 2.75) is 19.8 Å². The number of carbonyl (C=O) groups is 2. The zero-order chi connectivity index (χ0) is 12.5. The van der Waals surface area contributed by atoms with Crippen LogP contribution in [0.1, 0.15) is 30.1 Å². The lowest BCUT2D eigenvalue weighted by molar-refractivity contribution is -0.148. The molecule has 1 aromatic heterocycles. The topological polar surface area (TPSA) is 86.3 Å². The summed E-state index contributed by atoms with van der Waals surface area (Å²) in [6.07, 6.45) is 4.03. The standard InChI is InChI=1S/C11H15N3O3/c1-2-11(10(16)17)3-4-14(7-11)9(15)8-5-12-13-6-8/h5-6H,2-4,7H2,1H3,(H,12,13)(H,16,17). The van der Waals surface area contributed by atoms with Crippen molar-refractivity contribution in [3.8, 4) is 0 Å². The molecule has 1 atom stereocenters. The molecule has 1 saturated heterocycles. The fourth-order valence-electron chi connectivity index (χ4n) is 2.21. The van der Waals surface area contributed by atoms with Crippen LogP contribution in [0.5, 0.6) is 0 Å². The molecule has 1 unspecified atom stereocenters. The number of H-pyrrole nitrogens is 1. The third kappa shape index (κ3) is 1.90. The predicted octanol–water partition coefficient (Wildman–Crippen LogP) is 0.737. The summed E-state index contributed by atoms with van der Waals surface area (Å²) in [5.74, 6) is -0.974. The van der Waals surface area contributed by atoms with Gasteiger partial charge in [0.1, 0.15) is 0 Å². The average Bonchev–Trinajstić information content (AvgIpc) is 2.98. The number of carbonyl (C=O) groups excluding carboxylic acids is 1. The second-order valence-electron chi connectivity index (χ2n) is 4.40. The number of aromatic nitrogens is 2. The van der Waals surface area contributed by atoms with Crippen LogP contribution in [-0.4, -0.2) is 45.2 Å². The first kappa shape index (κ1) is 11.6. The number of aromatic amines is 1. The second-order valence-corrected chi connectivity index (χ2v) is 4.40. The molecule has 6 heteroatoms. The molecule has 0 spiro atoms. The molecule has 1 aliphatic rings. The molecule has 92 valence electrons. The first-order valence-corrected chi connectivity index (χ1v) is 5.60. The minimum absolute atomic E-state index is 0.157. The smallest absolute Gasteiger partial charge is 0.311 e. The summed E-state index contributed by atoms with van der Waals surface area (Å²) >= 11 is 0. The highest BCUT2D eigenvalue weighted by molar-refractivity contribution is 5.94. The molecule has 0 saturated carbocycles. The number of nitrogens with zero attached hydrogens (tertiary/aromatic N) is 2. The quantitative estimate of drug-likeness (QED) is 0.811. The van der Waals surface area contributed by atoms with Gasteiger partial charge >= 0.3 is 5.97 Å². The van der Waals surface area contributed by atoms with E-state index in [0.29, 0.717) is 24.9 Å². The molecular formula is C11H15N3O3. The number of nitrogens with one attached hydrogen (secondary N) is 1. The Kier molecular flexibility index (Phi) is 2.87. The summed E-state index contributed by atoms with van der Waals surface area (Å²) in [7, 11) is 0. The monoisotopic (exact) mass is 237 g/mol. The van der Waals surface area contributed by atoms with E-state index in [4.69, 9.17) is 0 Å². The van der Waals surface area contributed by atoms with Crippen molar-refractivity contribution >= 4 is 11.9 Å². The lowest BCUT2D eigenvalue weighted by atomic mass is 9.84. The van der Waals surface area contributed by atoms with Crippen molar-refractivity contribution in [3.05, 3.63) is 18.0 Å². The molecular weight excluding hydrogens is 222 g/mol. The fourth-order valence-corrected chi connectivity index (χ4v) is 2.21. The van der Waals surface area contributed by atoms with Crippen molar-refractivity contribution in [2.75, 3.05) is 13.1 Å². The van der Waals surface area contributed by atoms with Gasteiger partial charge in [-0.05, 0) is 12.8 Å². The number of aliphatic carboxylic acids is 1. The third-order valence-electron chi connectivity index (χ3n) is 3.52. The van der Waals surface area contributed by atoms with Crippen LogP contribution in [0.2, 0.25) is 0 Å². The zero-order valence-electron chi connectivity index (χ0n) is 9.64. The molecule has 6 nitrogen and oxygen atoms in total. The summed E-state index contributed by atoms with van der Waals surface area (Å²) in [6.45, 7) is 2.62. The summed E-state index contributed by atoms with van der Waals surface area (Å²) in [5.41, 5.74) is -0.304. The molecule has 17 heavy (non-hydrogen) atoms. The fraction of sp³-hybridized carbons (Fsp3) is 0.545. The molecule has 0 aliphatic carbocycles. The average molecular weight is 237 g/mol. The highest BCUT2D eigenvalue weighted by Crippen LogP contribution is 2.34. The van der Waals surface area contributed by atoms with E-state index in [1.165, 1.54) is 12.4 Å². The van der Waals surface area contributed by atoms with E-state index < -0.39 is 11.4 Å². The van der Waals surface area contributed by atoms with E-state index in [0.717, 1.165) is 0 Å². The summed E-state index contributed by atoms with van der Waals surface area (Å²) in [5, 5.41) is 15.5. The third-order valence-corrected chi connectivity index (χ3v) is 3.52. The molecule has 1 aromatic rings. The maximum atomic E-state index is 12.0. The van der Waals surface area contributed by atoms with Gasteiger partial charge in [0.25, 0.3) is 5.91 Å². The van der Waals surface area contributed by atoms with Crippen LogP contribution in [-0.2, 0) is 4.79 Å². The van der Waals surface area contributed by atoms with E-state index in [9.17, 15) is 14.7 Å². The van der Waals surface area contributed by atoms with Gasteiger partial charge in [-0.15, -0.1) is 0 Å². The van der Waals surface area contributed by atoms with Crippen LogP contribution in [0.15, 0.2) is 12.4 Å². The number of carboxylic acids is 1. The largest absolute Gasteiger partial charge is 0.481 e. The normalized spacial score (nSPS) is 23.9. The molecule has 0 radical (unpaired) electrons. The highest BCUT2D eigenvalue weighted by Gasteiger charge is 2.44. The first-order valence-electron chi connectivity index (χ1n) is 5.60. The van der Waals surface area contributed by atoms with Crippen LogP contribution >= 0.6 is 0 Å². The number of likely N-dealkylation sites (tertiary alicyclic amines) is 1. The lowest BCUT2D eigenvalue weighted by Crippen LogP contribution is -2.36. The van der Waals surface area contributed by atoms with Crippen molar-refractivity contribution in [2.24, 2.45) is 5.41 Å². The van der Waals surface area contributed by atoms with E-state index in [-0.39, 0.29) is 12.5 Å². The maximum absolute atomic E-state index is 12.0. The van der Waals surface area contributed by atoms with Gasteiger partial charge in [0.05, 0.1) is 17.2 Å². The minimum Gasteiger partial charge on any atom is -0.481 e. The Hall–Kier alpha value is -1.85. The summed E-state index contributed by atoms with van der Waals surface area (Å²) in [6, 6.07) is 0. The molecule has 2 heterocycles. The number of hydrogen-bond donors (Lipinski definition) is 2. The molecule has 0 aromatic carbocycles. The van der Waals surface area contributed by atoms with Crippen LogP contribution in [0.4, 0.5) is 0 Å². The Morgan fingerprint density at radius 2 is 2.41 bits per heavy atom. The van der Waals surface area contributed by atoms with Gasteiger partial charge in [0.2, 0.25) is 0 Å². The van der Waals surface area contributed by atoms with Crippen molar-refractivity contribution in [1.82, 2.24) is 15.1 Å². The Labute approximate surface area is 98.6 Å². The van der Waals surface area contributed by atoms with Crippen LogP contribution in [0.3, 0.4) is 0 Å². The number of hydrogen-bond acceptors (Lipinski definition) is 3. The van der Waals surface area contributed by atoms with E-state index >= 15 is 0 Å². The van der Waals surface area contributed by atoms with Gasteiger partial charge in [-0.25, -0.2) is 0 Å². The summed E-state index contributed by atoms with van der Waals surface area (Å²) < 4.78 is 0. The molecule has 1 fully saturated rings. The Morgan fingerprint density at radius 1 is 1.65 bits per heavy atom. The van der Waals surface area contributed by atoms with Crippen molar-refractivity contribution in [1.29, 1.82) is 0 Å². The molecule has 1 aliphatic heterocycles. The van der Waals surface area contributed by atoms with E-state index in [2.05, 4.69) is 10.2 Å². The van der Waals surface area contributed by atoms with Gasteiger partial charge in [0, 0.05) is 19.3 Å². The summed E-state index contributed by atoms with van der Waals surface area (Å²) in [4.78, 5) is 24.8. The minimum atomic E-state index is -0.817. The molecule has 2 N–H and O–H groups in total. The van der Waals surface area contributed by atoms with Crippen molar-refractivity contribution < 1.29 is 14.7 Å². The SMILES string of the molecule is CCC1(C(=O)O)CCN(C(=O)c2cn[nH]c2)C1.